The van der Waals surface area contributed by atoms with Crippen LogP contribution in [0.25, 0.3) is 11.4 Å². The van der Waals surface area contributed by atoms with Crippen molar-refractivity contribution in [3.05, 3.63) is 56.5 Å². The quantitative estimate of drug-likeness (QED) is 0.476. The van der Waals surface area contributed by atoms with Crippen molar-refractivity contribution in [2.24, 2.45) is 0 Å². The molecule has 134 valence electrons. The van der Waals surface area contributed by atoms with Gasteiger partial charge in [-0.25, -0.2) is 4.98 Å². The summed E-state index contributed by atoms with van der Waals surface area (Å²) in [4.78, 5) is 16.5. The molecule has 1 amide bonds. The highest BCUT2D eigenvalue weighted by Gasteiger charge is 2.12. The zero-order valence-corrected chi connectivity index (χ0v) is 17.4. The first kappa shape index (κ1) is 19.2. The Balaban J connectivity index is 1.60. The highest BCUT2D eigenvalue weighted by atomic mass is 79.9. The van der Waals surface area contributed by atoms with Gasteiger partial charge in [-0.3, -0.25) is 9.89 Å². The van der Waals surface area contributed by atoms with Crippen LogP contribution < -0.4 is 5.32 Å². The Kier molecular flexibility index (Phi) is 6.24. The molecule has 0 atom stereocenters. The number of benzene rings is 2. The fourth-order valence-corrected chi connectivity index (χ4v) is 3.59. The average molecular weight is 472 g/mol. The maximum absolute atomic E-state index is 12.1. The van der Waals surface area contributed by atoms with Crippen molar-refractivity contribution in [3.63, 3.8) is 0 Å². The predicted octanol–water partition coefficient (Wildman–Crippen LogP) is 5.58. The van der Waals surface area contributed by atoms with Crippen molar-refractivity contribution in [2.45, 2.75) is 12.1 Å². The molecule has 9 heteroatoms. The van der Waals surface area contributed by atoms with Gasteiger partial charge in [0.1, 0.15) is 0 Å². The van der Waals surface area contributed by atoms with Crippen molar-refractivity contribution in [2.75, 3.05) is 11.1 Å². The van der Waals surface area contributed by atoms with E-state index in [0.717, 1.165) is 15.7 Å². The molecule has 0 fully saturated rings. The lowest BCUT2D eigenvalue weighted by Gasteiger charge is -2.06. The van der Waals surface area contributed by atoms with Gasteiger partial charge in [0.2, 0.25) is 11.1 Å². The van der Waals surface area contributed by atoms with Crippen molar-refractivity contribution in [3.8, 4) is 11.4 Å². The second-order valence-electron chi connectivity index (χ2n) is 5.39. The second-order valence-corrected chi connectivity index (χ2v) is 8.03. The smallest absolute Gasteiger partial charge is 0.234 e. The largest absolute Gasteiger partial charge is 0.325 e. The van der Waals surface area contributed by atoms with Gasteiger partial charge in [-0.1, -0.05) is 57.0 Å². The number of hydrogen-bond donors (Lipinski definition) is 2. The molecule has 0 aliphatic heterocycles. The first-order valence-electron chi connectivity index (χ1n) is 7.49. The van der Waals surface area contributed by atoms with Crippen LogP contribution in [-0.2, 0) is 4.79 Å². The van der Waals surface area contributed by atoms with Crippen LogP contribution in [0.15, 0.2) is 46.0 Å². The Labute approximate surface area is 173 Å². The molecule has 0 bridgehead atoms. The number of aromatic amines is 1. The van der Waals surface area contributed by atoms with E-state index in [1.54, 1.807) is 18.2 Å². The number of carbonyl (C=O) groups is 1. The molecular formula is C17H13BrCl2N4OS. The first-order valence-corrected chi connectivity index (χ1v) is 10.0. The summed E-state index contributed by atoms with van der Waals surface area (Å²) < 4.78 is 0.946. The number of nitrogens with zero attached hydrogens (tertiary/aromatic N) is 2. The van der Waals surface area contributed by atoms with Gasteiger partial charge in [0.15, 0.2) is 5.82 Å². The molecule has 2 aromatic carbocycles. The Morgan fingerprint density at radius 2 is 2.08 bits per heavy atom. The van der Waals surface area contributed by atoms with Gasteiger partial charge in [-0.15, -0.1) is 5.10 Å². The van der Waals surface area contributed by atoms with Crippen molar-refractivity contribution in [1.82, 2.24) is 15.2 Å². The van der Waals surface area contributed by atoms with Gasteiger partial charge >= 0.3 is 0 Å². The van der Waals surface area contributed by atoms with Gasteiger partial charge in [0, 0.05) is 20.7 Å². The number of halogens is 3. The summed E-state index contributed by atoms with van der Waals surface area (Å²) in [5, 5.41) is 11.3. The van der Waals surface area contributed by atoms with Crippen LogP contribution in [0.1, 0.15) is 5.56 Å². The number of amides is 1. The number of rotatable bonds is 5. The summed E-state index contributed by atoms with van der Waals surface area (Å²) in [5.74, 6) is 0.579. The molecule has 2 N–H and O–H groups in total. The van der Waals surface area contributed by atoms with Crippen LogP contribution >= 0.6 is 50.9 Å². The molecule has 0 unspecified atom stereocenters. The molecule has 1 aromatic heterocycles. The molecule has 0 aliphatic rings. The van der Waals surface area contributed by atoms with Crippen molar-refractivity contribution < 1.29 is 4.79 Å². The Hall–Kier alpha value is -1.54. The maximum Gasteiger partial charge on any atom is 0.234 e. The van der Waals surface area contributed by atoms with E-state index in [2.05, 4.69) is 36.4 Å². The van der Waals surface area contributed by atoms with E-state index in [0.29, 0.717) is 26.6 Å². The number of anilines is 1. The molecule has 0 spiro atoms. The van der Waals surface area contributed by atoms with E-state index >= 15 is 0 Å². The number of carbonyl (C=O) groups excluding carboxylic acids is 1. The van der Waals surface area contributed by atoms with Gasteiger partial charge < -0.3 is 5.32 Å². The van der Waals surface area contributed by atoms with Crippen LogP contribution in [0.4, 0.5) is 5.69 Å². The standard InChI is InChI=1S/C17H13BrCl2N4OS/c1-9-2-4-11(7-13(9)18)21-15(25)8-26-17-22-16(23-24-17)12-5-3-10(19)6-14(12)20/h2-7H,8H2,1H3,(H,21,25)(H,22,23,24). The fraction of sp³-hybridized carbons (Fsp3) is 0.118. The van der Waals surface area contributed by atoms with E-state index in [4.69, 9.17) is 23.2 Å². The number of H-pyrrole nitrogens is 1. The first-order chi connectivity index (χ1) is 12.4. The molecule has 26 heavy (non-hydrogen) atoms. The van der Waals surface area contributed by atoms with Crippen LogP contribution in [0.3, 0.4) is 0 Å². The summed E-state index contributed by atoms with van der Waals surface area (Å²) in [6.45, 7) is 1.99. The van der Waals surface area contributed by atoms with E-state index in [1.807, 2.05) is 25.1 Å². The van der Waals surface area contributed by atoms with Gasteiger partial charge in [0.25, 0.3) is 0 Å². The van der Waals surface area contributed by atoms with Crippen molar-refractivity contribution >= 4 is 62.5 Å². The lowest BCUT2D eigenvalue weighted by Crippen LogP contribution is -2.14. The van der Waals surface area contributed by atoms with Crippen molar-refractivity contribution in [1.29, 1.82) is 0 Å². The topological polar surface area (TPSA) is 70.7 Å². The summed E-state index contributed by atoms with van der Waals surface area (Å²) >= 11 is 16.7. The van der Waals surface area contributed by atoms with E-state index < -0.39 is 0 Å². The lowest BCUT2D eigenvalue weighted by atomic mass is 10.2. The van der Waals surface area contributed by atoms with Crippen LogP contribution in [0.2, 0.25) is 10.0 Å². The summed E-state index contributed by atoms with van der Waals surface area (Å²) in [6.07, 6.45) is 0. The summed E-state index contributed by atoms with van der Waals surface area (Å²) in [5.41, 5.74) is 2.53. The zero-order valence-electron chi connectivity index (χ0n) is 13.5. The van der Waals surface area contributed by atoms with Crippen LogP contribution in [-0.4, -0.2) is 26.8 Å². The molecule has 3 aromatic rings. The highest BCUT2D eigenvalue weighted by Crippen LogP contribution is 2.29. The zero-order chi connectivity index (χ0) is 18.7. The number of thioether (sulfide) groups is 1. The number of hydrogen-bond acceptors (Lipinski definition) is 4. The predicted molar refractivity (Wildman–Crippen MR) is 110 cm³/mol. The third kappa shape index (κ3) is 4.79. The third-order valence-electron chi connectivity index (χ3n) is 3.44. The Morgan fingerprint density at radius 3 is 2.81 bits per heavy atom. The Morgan fingerprint density at radius 1 is 1.27 bits per heavy atom. The van der Waals surface area contributed by atoms with Gasteiger partial charge in [-0.2, -0.15) is 0 Å². The minimum Gasteiger partial charge on any atom is -0.325 e. The van der Waals surface area contributed by atoms with Gasteiger partial charge in [-0.05, 0) is 42.8 Å². The molecular weight excluding hydrogens is 459 g/mol. The van der Waals surface area contributed by atoms with Gasteiger partial charge in [0.05, 0.1) is 10.8 Å². The maximum atomic E-state index is 12.1. The normalized spacial score (nSPS) is 10.8. The molecule has 0 aliphatic carbocycles. The minimum absolute atomic E-state index is 0.137. The molecule has 1 heterocycles. The highest BCUT2D eigenvalue weighted by molar-refractivity contribution is 9.10. The summed E-state index contributed by atoms with van der Waals surface area (Å²) in [7, 11) is 0. The lowest BCUT2D eigenvalue weighted by molar-refractivity contribution is -0.113. The monoisotopic (exact) mass is 470 g/mol. The second kappa shape index (κ2) is 8.43. The number of aryl methyl sites for hydroxylation is 1. The summed E-state index contributed by atoms with van der Waals surface area (Å²) in [6, 6.07) is 10.8. The van der Waals surface area contributed by atoms with E-state index in [9.17, 15) is 4.79 Å². The number of aromatic nitrogens is 3. The molecule has 5 nitrogen and oxygen atoms in total. The number of nitrogens with one attached hydrogen (secondary N) is 2. The molecule has 0 radical (unpaired) electrons. The third-order valence-corrected chi connectivity index (χ3v) is 5.69. The van der Waals surface area contributed by atoms with Crippen LogP contribution in [0.5, 0.6) is 0 Å². The molecule has 3 rings (SSSR count). The minimum atomic E-state index is -0.137. The molecule has 0 saturated heterocycles. The SMILES string of the molecule is Cc1ccc(NC(=O)CSc2n[nH]c(-c3ccc(Cl)cc3Cl)n2)cc1Br. The molecule has 0 saturated carbocycles. The van der Waals surface area contributed by atoms with E-state index in [-0.39, 0.29) is 11.7 Å². The van der Waals surface area contributed by atoms with E-state index in [1.165, 1.54) is 11.8 Å². The van der Waals surface area contributed by atoms with Crippen LogP contribution in [0, 0.1) is 6.92 Å². The Bertz CT molecular complexity index is 964. The fourth-order valence-electron chi connectivity index (χ4n) is 2.11. The average Bonchev–Trinajstić information content (AvgIpc) is 3.05.